The predicted molar refractivity (Wildman–Crippen MR) is 71.4 cm³/mol. The SMILES string of the molecule is CCCC(CCl)(CCl)CCc1cccs1. The van der Waals surface area contributed by atoms with Gasteiger partial charge in [0.2, 0.25) is 0 Å². The first-order chi connectivity index (χ1) is 7.26. The second kappa shape index (κ2) is 6.78. The lowest BCUT2D eigenvalue weighted by molar-refractivity contribution is 0.317. The Morgan fingerprint density at radius 2 is 2.00 bits per heavy atom. The fraction of sp³-hybridized carbons (Fsp3) is 0.667. The summed E-state index contributed by atoms with van der Waals surface area (Å²) in [5.41, 5.74) is 0.141. The van der Waals surface area contributed by atoms with Gasteiger partial charge in [0.05, 0.1) is 0 Å². The van der Waals surface area contributed by atoms with Crippen LogP contribution in [0.1, 0.15) is 31.1 Å². The second-order valence-electron chi connectivity index (χ2n) is 4.10. The molecule has 0 aliphatic carbocycles. The molecule has 86 valence electrons. The molecule has 0 nitrogen and oxygen atoms in total. The summed E-state index contributed by atoms with van der Waals surface area (Å²) in [6.07, 6.45) is 4.50. The standard InChI is InChI=1S/C12H18Cl2S/c1-2-6-12(9-13,10-14)7-5-11-4-3-8-15-11/h3-4,8H,2,5-7,9-10H2,1H3. The Morgan fingerprint density at radius 3 is 2.47 bits per heavy atom. The van der Waals surface area contributed by atoms with E-state index in [1.54, 1.807) is 0 Å². The van der Waals surface area contributed by atoms with E-state index in [4.69, 9.17) is 23.2 Å². The fourth-order valence-electron chi connectivity index (χ4n) is 1.80. The number of halogens is 2. The van der Waals surface area contributed by atoms with Gasteiger partial charge in [-0.2, -0.15) is 0 Å². The molecule has 0 saturated heterocycles. The highest BCUT2D eigenvalue weighted by Crippen LogP contribution is 2.33. The van der Waals surface area contributed by atoms with Gasteiger partial charge in [0.15, 0.2) is 0 Å². The lowest BCUT2D eigenvalue weighted by atomic mass is 9.82. The van der Waals surface area contributed by atoms with Crippen LogP contribution in [-0.4, -0.2) is 11.8 Å². The van der Waals surface area contributed by atoms with Crippen molar-refractivity contribution in [3.63, 3.8) is 0 Å². The maximum atomic E-state index is 6.06. The largest absolute Gasteiger partial charge is 0.149 e. The first-order valence-electron chi connectivity index (χ1n) is 5.40. The molecule has 0 aliphatic heterocycles. The Morgan fingerprint density at radius 1 is 1.27 bits per heavy atom. The molecule has 0 aromatic carbocycles. The molecule has 0 aliphatic rings. The topological polar surface area (TPSA) is 0 Å². The van der Waals surface area contributed by atoms with Crippen LogP contribution in [0.5, 0.6) is 0 Å². The Labute approximate surface area is 107 Å². The summed E-state index contributed by atoms with van der Waals surface area (Å²) in [7, 11) is 0. The van der Waals surface area contributed by atoms with Gasteiger partial charge in [0, 0.05) is 16.6 Å². The minimum atomic E-state index is 0.141. The van der Waals surface area contributed by atoms with E-state index in [0.717, 1.165) is 25.7 Å². The minimum Gasteiger partial charge on any atom is -0.149 e. The van der Waals surface area contributed by atoms with Crippen molar-refractivity contribution in [2.45, 2.75) is 32.6 Å². The fourth-order valence-corrected chi connectivity index (χ4v) is 3.33. The van der Waals surface area contributed by atoms with E-state index in [-0.39, 0.29) is 5.41 Å². The first-order valence-corrected chi connectivity index (χ1v) is 7.35. The lowest BCUT2D eigenvalue weighted by Gasteiger charge is -2.29. The average molecular weight is 265 g/mol. The van der Waals surface area contributed by atoms with E-state index in [1.807, 2.05) is 11.3 Å². The molecule has 0 amide bonds. The van der Waals surface area contributed by atoms with Crippen LogP contribution in [0.15, 0.2) is 17.5 Å². The molecule has 0 saturated carbocycles. The molecule has 1 rings (SSSR count). The molecule has 1 aromatic heterocycles. The highest BCUT2D eigenvalue weighted by molar-refractivity contribution is 7.09. The van der Waals surface area contributed by atoms with Gasteiger partial charge in [0.25, 0.3) is 0 Å². The number of rotatable bonds is 7. The van der Waals surface area contributed by atoms with Crippen molar-refractivity contribution in [3.8, 4) is 0 Å². The van der Waals surface area contributed by atoms with Crippen LogP contribution in [0.3, 0.4) is 0 Å². The van der Waals surface area contributed by atoms with E-state index in [1.165, 1.54) is 4.88 Å². The summed E-state index contributed by atoms with van der Waals surface area (Å²) in [5, 5.41) is 2.12. The van der Waals surface area contributed by atoms with Gasteiger partial charge in [-0.1, -0.05) is 19.4 Å². The Balaban J connectivity index is 2.50. The molecule has 0 fully saturated rings. The van der Waals surface area contributed by atoms with E-state index in [2.05, 4.69) is 24.4 Å². The average Bonchev–Trinajstić information content (AvgIpc) is 2.77. The third-order valence-electron chi connectivity index (χ3n) is 2.83. The molecule has 0 unspecified atom stereocenters. The quantitative estimate of drug-likeness (QED) is 0.612. The third-order valence-corrected chi connectivity index (χ3v) is 4.90. The lowest BCUT2D eigenvalue weighted by Crippen LogP contribution is -2.25. The van der Waals surface area contributed by atoms with Gasteiger partial charge in [-0.05, 0) is 36.1 Å². The highest BCUT2D eigenvalue weighted by atomic mass is 35.5. The van der Waals surface area contributed by atoms with Crippen LogP contribution in [0.25, 0.3) is 0 Å². The zero-order valence-electron chi connectivity index (χ0n) is 9.14. The van der Waals surface area contributed by atoms with Crippen LogP contribution in [0.2, 0.25) is 0 Å². The van der Waals surface area contributed by atoms with E-state index < -0.39 is 0 Å². The Bertz CT molecular complexity index is 253. The Hall–Kier alpha value is 0.280. The third kappa shape index (κ3) is 3.97. The number of hydrogen-bond donors (Lipinski definition) is 0. The molecule has 0 atom stereocenters. The van der Waals surface area contributed by atoms with Crippen molar-refractivity contribution >= 4 is 34.5 Å². The smallest absolute Gasteiger partial charge is 0.0291 e. The van der Waals surface area contributed by atoms with Gasteiger partial charge in [-0.25, -0.2) is 0 Å². The maximum absolute atomic E-state index is 6.06. The molecular formula is C12H18Cl2S. The zero-order chi connectivity index (χ0) is 11.1. The van der Waals surface area contributed by atoms with Crippen molar-refractivity contribution in [2.75, 3.05) is 11.8 Å². The zero-order valence-corrected chi connectivity index (χ0v) is 11.5. The predicted octanol–water partition coefficient (Wildman–Crippen LogP) is 4.94. The van der Waals surface area contributed by atoms with Crippen molar-refractivity contribution in [1.29, 1.82) is 0 Å². The number of alkyl halides is 2. The molecule has 3 heteroatoms. The van der Waals surface area contributed by atoms with Gasteiger partial charge >= 0.3 is 0 Å². The monoisotopic (exact) mass is 264 g/mol. The Kier molecular flexibility index (Phi) is 6.03. The molecule has 1 aromatic rings. The minimum absolute atomic E-state index is 0.141. The molecular weight excluding hydrogens is 247 g/mol. The van der Waals surface area contributed by atoms with Crippen LogP contribution in [0.4, 0.5) is 0 Å². The van der Waals surface area contributed by atoms with Gasteiger partial charge < -0.3 is 0 Å². The molecule has 0 bridgehead atoms. The summed E-state index contributed by atoms with van der Waals surface area (Å²) in [6.45, 7) is 2.19. The highest BCUT2D eigenvalue weighted by Gasteiger charge is 2.27. The van der Waals surface area contributed by atoms with Crippen molar-refractivity contribution in [3.05, 3.63) is 22.4 Å². The molecule has 15 heavy (non-hydrogen) atoms. The summed E-state index contributed by atoms with van der Waals surface area (Å²) in [6, 6.07) is 4.28. The molecule has 0 spiro atoms. The number of hydrogen-bond acceptors (Lipinski definition) is 1. The summed E-state index contributed by atoms with van der Waals surface area (Å²) in [5.74, 6) is 1.35. The van der Waals surface area contributed by atoms with Crippen molar-refractivity contribution < 1.29 is 0 Å². The first kappa shape index (κ1) is 13.3. The van der Waals surface area contributed by atoms with Gasteiger partial charge in [-0.3, -0.25) is 0 Å². The van der Waals surface area contributed by atoms with E-state index in [9.17, 15) is 0 Å². The van der Waals surface area contributed by atoms with E-state index >= 15 is 0 Å². The number of thiophene rings is 1. The van der Waals surface area contributed by atoms with Gasteiger partial charge in [-0.15, -0.1) is 34.5 Å². The number of aryl methyl sites for hydroxylation is 1. The van der Waals surface area contributed by atoms with E-state index in [0.29, 0.717) is 11.8 Å². The molecule has 1 heterocycles. The van der Waals surface area contributed by atoms with Crippen molar-refractivity contribution in [2.24, 2.45) is 5.41 Å². The molecule has 0 N–H and O–H groups in total. The summed E-state index contributed by atoms with van der Waals surface area (Å²) in [4.78, 5) is 1.44. The van der Waals surface area contributed by atoms with Crippen LogP contribution < -0.4 is 0 Å². The maximum Gasteiger partial charge on any atom is 0.0291 e. The summed E-state index contributed by atoms with van der Waals surface area (Å²) >= 11 is 13.9. The second-order valence-corrected chi connectivity index (χ2v) is 5.66. The van der Waals surface area contributed by atoms with Crippen molar-refractivity contribution in [1.82, 2.24) is 0 Å². The molecule has 0 radical (unpaired) electrons. The van der Waals surface area contributed by atoms with Crippen LogP contribution in [0, 0.1) is 5.41 Å². The van der Waals surface area contributed by atoms with Gasteiger partial charge in [0.1, 0.15) is 0 Å². The normalized spacial score (nSPS) is 11.9. The summed E-state index contributed by atoms with van der Waals surface area (Å²) < 4.78 is 0. The van der Waals surface area contributed by atoms with Crippen LogP contribution >= 0.6 is 34.5 Å². The van der Waals surface area contributed by atoms with Crippen LogP contribution in [-0.2, 0) is 6.42 Å².